The zero-order valence-corrected chi connectivity index (χ0v) is 13.4. The van der Waals surface area contributed by atoms with Crippen LogP contribution in [0.25, 0.3) is 0 Å². The van der Waals surface area contributed by atoms with Crippen molar-refractivity contribution in [3.05, 3.63) is 26.6 Å². The number of rotatable bonds is 5. The largest absolute Gasteiger partial charge is 0.479 e. The van der Waals surface area contributed by atoms with Crippen molar-refractivity contribution in [2.45, 2.75) is 32.4 Å². The van der Waals surface area contributed by atoms with Gasteiger partial charge in [-0.25, -0.2) is 0 Å². The maximum atomic E-state index is 11.0. The average molecular weight is 380 g/mol. The van der Waals surface area contributed by atoms with E-state index in [0.717, 1.165) is 20.9 Å². The second-order valence-electron chi connectivity index (χ2n) is 4.23. The highest BCUT2D eigenvalue weighted by Gasteiger charge is 2.16. The monoisotopic (exact) mass is 378 g/mol. The van der Waals surface area contributed by atoms with Crippen LogP contribution in [0.2, 0.25) is 0 Å². The first-order valence-electron chi connectivity index (χ1n) is 5.50. The molecule has 18 heavy (non-hydrogen) atoms. The van der Waals surface area contributed by atoms with Crippen LogP contribution in [0.15, 0.2) is 21.1 Å². The van der Waals surface area contributed by atoms with Crippen LogP contribution in [-0.4, -0.2) is 18.1 Å². The average Bonchev–Trinajstić information content (AvgIpc) is 2.21. The van der Waals surface area contributed by atoms with Crippen LogP contribution in [-0.2, 0) is 11.2 Å². The molecule has 1 aromatic carbocycles. The molecule has 1 aromatic rings. The van der Waals surface area contributed by atoms with Gasteiger partial charge in [0.1, 0.15) is 5.75 Å². The minimum Gasteiger partial charge on any atom is -0.479 e. The molecule has 0 aromatic heterocycles. The molecule has 0 spiro atoms. The summed E-state index contributed by atoms with van der Waals surface area (Å²) in [5, 5.41) is 0. The van der Waals surface area contributed by atoms with E-state index in [-0.39, 0.29) is 6.04 Å². The molecule has 6 heteroatoms. The smallest absolute Gasteiger partial charge is 0.258 e. The molecular weight excluding hydrogens is 364 g/mol. The predicted molar refractivity (Wildman–Crippen MR) is 78.5 cm³/mol. The van der Waals surface area contributed by atoms with Gasteiger partial charge in [0.15, 0.2) is 6.10 Å². The Morgan fingerprint density at radius 3 is 2.22 bits per heavy atom. The molecule has 0 aliphatic rings. The summed E-state index contributed by atoms with van der Waals surface area (Å²) < 4.78 is 7.03. The maximum absolute atomic E-state index is 11.0. The fraction of sp³-hybridized carbons (Fsp3) is 0.417. The SMILES string of the molecule is CC(N)Cc1cc(Br)c(OC(C)C(N)=O)c(Br)c1. The quantitative estimate of drug-likeness (QED) is 0.824. The number of halogens is 2. The van der Waals surface area contributed by atoms with Crippen LogP contribution in [0, 0.1) is 0 Å². The third-order valence-corrected chi connectivity index (χ3v) is 3.49. The topological polar surface area (TPSA) is 78.3 Å². The molecule has 1 rings (SSSR count). The lowest BCUT2D eigenvalue weighted by Gasteiger charge is -2.16. The van der Waals surface area contributed by atoms with Gasteiger partial charge in [-0.3, -0.25) is 4.79 Å². The molecular formula is C12H16Br2N2O2. The summed E-state index contributed by atoms with van der Waals surface area (Å²) in [5.74, 6) is 0.0585. The third kappa shape index (κ3) is 4.26. The zero-order valence-electron chi connectivity index (χ0n) is 10.2. The normalized spacial score (nSPS) is 14.1. The second-order valence-corrected chi connectivity index (χ2v) is 5.94. The van der Waals surface area contributed by atoms with Crippen molar-refractivity contribution in [1.82, 2.24) is 0 Å². The van der Waals surface area contributed by atoms with E-state index in [9.17, 15) is 4.79 Å². The van der Waals surface area contributed by atoms with Crippen LogP contribution in [0.3, 0.4) is 0 Å². The summed E-state index contributed by atoms with van der Waals surface area (Å²) in [5.41, 5.74) is 12.0. The fourth-order valence-electron chi connectivity index (χ4n) is 1.45. The summed E-state index contributed by atoms with van der Waals surface area (Å²) in [6, 6.07) is 3.94. The van der Waals surface area contributed by atoms with E-state index in [1.54, 1.807) is 6.92 Å². The molecule has 0 bridgehead atoms. The van der Waals surface area contributed by atoms with E-state index >= 15 is 0 Å². The zero-order chi connectivity index (χ0) is 13.9. The number of amides is 1. The first-order valence-corrected chi connectivity index (χ1v) is 7.09. The molecule has 2 atom stereocenters. The third-order valence-electron chi connectivity index (χ3n) is 2.31. The summed E-state index contributed by atoms with van der Waals surface area (Å²) in [6.45, 7) is 3.55. The molecule has 0 aliphatic heterocycles. The number of ether oxygens (including phenoxy) is 1. The van der Waals surface area contributed by atoms with Crippen LogP contribution in [0.5, 0.6) is 5.75 Å². The summed E-state index contributed by atoms with van der Waals surface area (Å²) >= 11 is 6.84. The lowest BCUT2D eigenvalue weighted by Crippen LogP contribution is -2.30. The molecule has 1 amide bonds. The maximum Gasteiger partial charge on any atom is 0.258 e. The number of nitrogens with two attached hydrogens (primary N) is 2. The molecule has 0 saturated heterocycles. The first kappa shape index (κ1) is 15.5. The number of primary amides is 1. The first-order chi connectivity index (χ1) is 8.31. The van der Waals surface area contributed by atoms with E-state index < -0.39 is 12.0 Å². The number of carbonyl (C=O) groups excluding carboxylic acids is 1. The summed E-state index contributed by atoms with van der Waals surface area (Å²) in [7, 11) is 0. The molecule has 0 radical (unpaired) electrons. The molecule has 2 unspecified atom stereocenters. The highest BCUT2D eigenvalue weighted by molar-refractivity contribution is 9.11. The van der Waals surface area contributed by atoms with E-state index in [2.05, 4.69) is 31.9 Å². The molecule has 0 fully saturated rings. The summed E-state index contributed by atoms with van der Waals surface area (Å²) in [4.78, 5) is 11.0. The van der Waals surface area contributed by atoms with Gasteiger partial charge >= 0.3 is 0 Å². The molecule has 0 saturated carbocycles. The number of benzene rings is 1. The van der Waals surface area contributed by atoms with E-state index in [4.69, 9.17) is 16.2 Å². The standard InChI is InChI=1S/C12H16Br2N2O2/c1-6(15)3-8-4-9(13)11(10(14)5-8)18-7(2)12(16)17/h4-7H,3,15H2,1-2H3,(H2,16,17). The molecule has 4 nitrogen and oxygen atoms in total. The van der Waals surface area contributed by atoms with Gasteiger partial charge in [-0.1, -0.05) is 0 Å². The highest BCUT2D eigenvalue weighted by atomic mass is 79.9. The minimum absolute atomic E-state index is 0.0834. The Morgan fingerprint density at radius 1 is 1.33 bits per heavy atom. The van der Waals surface area contributed by atoms with Crippen LogP contribution in [0.1, 0.15) is 19.4 Å². The van der Waals surface area contributed by atoms with Crippen molar-refractivity contribution < 1.29 is 9.53 Å². The highest BCUT2D eigenvalue weighted by Crippen LogP contribution is 2.35. The van der Waals surface area contributed by atoms with E-state index in [1.807, 2.05) is 19.1 Å². The molecule has 4 N–H and O–H groups in total. The molecule has 0 heterocycles. The lowest BCUT2D eigenvalue weighted by atomic mass is 10.1. The van der Waals surface area contributed by atoms with Gasteiger partial charge in [0.05, 0.1) is 8.95 Å². The molecule has 0 aliphatic carbocycles. The minimum atomic E-state index is -0.683. The Balaban J connectivity index is 2.97. The Hall–Kier alpha value is -0.590. The van der Waals surface area contributed by atoms with Gasteiger partial charge in [0, 0.05) is 6.04 Å². The van der Waals surface area contributed by atoms with Gasteiger partial charge in [0.2, 0.25) is 0 Å². The fourth-order valence-corrected chi connectivity index (χ4v) is 2.92. The van der Waals surface area contributed by atoms with Crippen molar-refractivity contribution in [3.8, 4) is 5.75 Å². The van der Waals surface area contributed by atoms with E-state index in [0.29, 0.717) is 5.75 Å². The lowest BCUT2D eigenvalue weighted by molar-refractivity contribution is -0.124. The number of carbonyl (C=O) groups is 1. The van der Waals surface area contributed by atoms with Crippen molar-refractivity contribution in [3.63, 3.8) is 0 Å². The van der Waals surface area contributed by atoms with Gasteiger partial charge < -0.3 is 16.2 Å². The van der Waals surface area contributed by atoms with Gasteiger partial charge in [-0.15, -0.1) is 0 Å². The van der Waals surface area contributed by atoms with Crippen molar-refractivity contribution in [1.29, 1.82) is 0 Å². The van der Waals surface area contributed by atoms with Crippen LogP contribution < -0.4 is 16.2 Å². The van der Waals surface area contributed by atoms with Crippen molar-refractivity contribution in [2.75, 3.05) is 0 Å². The second kappa shape index (κ2) is 6.54. The Kier molecular flexibility index (Phi) is 5.62. The van der Waals surface area contributed by atoms with Crippen molar-refractivity contribution >= 4 is 37.8 Å². The Bertz CT molecular complexity index is 427. The van der Waals surface area contributed by atoms with Gasteiger partial charge in [-0.05, 0) is 69.8 Å². The summed E-state index contributed by atoms with van der Waals surface area (Å²) in [6.07, 6.45) is 0.0833. The Morgan fingerprint density at radius 2 is 1.83 bits per heavy atom. The predicted octanol–water partition coefficient (Wildman–Crippen LogP) is 2.35. The Labute approximate surface area is 123 Å². The van der Waals surface area contributed by atoms with Crippen LogP contribution in [0.4, 0.5) is 0 Å². The van der Waals surface area contributed by atoms with E-state index in [1.165, 1.54) is 0 Å². The molecule has 100 valence electrons. The van der Waals surface area contributed by atoms with Crippen LogP contribution >= 0.6 is 31.9 Å². The van der Waals surface area contributed by atoms with Gasteiger partial charge in [0.25, 0.3) is 5.91 Å². The number of hydrogen-bond donors (Lipinski definition) is 2. The van der Waals surface area contributed by atoms with Crippen molar-refractivity contribution in [2.24, 2.45) is 11.5 Å². The van der Waals surface area contributed by atoms with Gasteiger partial charge in [-0.2, -0.15) is 0 Å². The number of hydrogen-bond acceptors (Lipinski definition) is 3.